The zero-order valence-corrected chi connectivity index (χ0v) is 11.2. The van der Waals surface area contributed by atoms with Crippen LogP contribution in [0.4, 0.5) is 11.4 Å². The first-order chi connectivity index (χ1) is 10.1. The van der Waals surface area contributed by atoms with E-state index in [0.29, 0.717) is 29.1 Å². The predicted molar refractivity (Wildman–Crippen MR) is 74.3 cm³/mol. The Morgan fingerprint density at radius 1 is 1.24 bits per heavy atom. The fourth-order valence-corrected chi connectivity index (χ4v) is 2.17. The van der Waals surface area contributed by atoms with Crippen LogP contribution >= 0.6 is 0 Å². The Hall–Kier alpha value is -2.71. The van der Waals surface area contributed by atoms with Gasteiger partial charge in [0.05, 0.1) is 10.1 Å². The molecule has 2 N–H and O–H groups in total. The average molecular weight is 293 g/mol. The third kappa shape index (κ3) is 3.65. The first-order valence-electron chi connectivity index (χ1n) is 6.50. The van der Waals surface area contributed by atoms with Gasteiger partial charge in [0.1, 0.15) is 11.4 Å². The number of benzene rings is 1. The van der Waals surface area contributed by atoms with E-state index in [0.717, 1.165) is 12.8 Å². The molecule has 0 heterocycles. The SMILES string of the molecule is O=[N+]([O-])c1ccc(NN=[N+]([O-])[C@@H]2CCCC/C2=N/O)cc1. The second-order valence-corrected chi connectivity index (χ2v) is 4.67. The highest BCUT2D eigenvalue weighted by atomic mass is 16.6. The van der Waals surface area contributed by atoms with Gasteiger partial charge < -0.3 is 10.4 Å². The molecule has 0 aromatic heterocycles. The van der Waals surface area contributed by atoms with Crippen LogP contribution in [0, 0.1) is 15.3 Å². The molecule has 0 saturated heterocycles. The maximum absolute atomic E-state index is 11.9. The van der Waals surface area contributed by atoms with Crippen molar-refractivity contribution in [1.29, 1.82) is 0 Å². The molecule has 0 spiro atoms. The van der Waals surface area contributed by atoms with Crippen LogP contribution in [0.15, 0.2) is 34.6 Å². The average Bonchev–Trinajstić information content (AvgIpc) is 2.52. The molecule has 9 nitrogen and oxygen atoms in total. The summed E-state index contributed by atoms with van der Waals surface area (Å²) in [5.41, 5.74) is 3.37. The van der Waals surface area contributed by atoms with Gasteiger partial charge in [-0.05, 0) is 37.8 Å². The molecule has 1 aliphatic carbocycles. The standard InChI is InChI=1S/C12H15N5O4/c18-14-11-3-1-2-4-12(11)16(19)15-13-9-5-7-10(8-6-9)17(20)21/h5-8,12-13,18H,1-4H2/b14-11-,16-15?/t12-/m1/s1. The van der Waals surface area contributed by atoms with E-state index >= 15 is 0 Å². The molecule has 0 aliphatic heterocycles. The molecule has 0 radical (unpaired) electrons. The lowest BCUT2D eigenvalue weighted by molar-refractivity contribution is -0.551. The highest BCUT2D eigenvalue weighted by Gasteiger charge is 2.25. The summed E-state index contributed by atoms with van der Waals surface area (Å²) in [6.07, 6.45) is 2.91. The molecule has 1 aromatic carbocycles. The van der Waals surface area contributed by atoms with Gasteiger partial charge in [0.2, 0.25) is 0 Å². The normalized spacial score (nSPS) is 21.2. The van der Waals surface area contributed by atoms with Crippen LogP contribution in [0.2, 0.25) is 0 Å². The molecule has 1 atom stereocenters. The molecule has 1 fully saturated rings. The molecular formula is C12H15N5O4. The Bertz CT molecular complexity index is 570. The summed E-state index contributed by atoms with van der Waals surface area (Å²) < 4.78 is 0. The van der Waals surface area contributed by atoms with Crippen LogP contribution in [0.1, 0.15) is 25.7 Å². The van der Waals surface area contributed by atoms with Crippen LogP contribution < -0.4 is 5.43 Å². The predicted octanol–water partition coefficient (Wildman–Crippen LogP) is 2.66. The largest absolute Gasteiger partial charge is 0.695 e. The summed E-state index contributed by atoms with van der Waals surface area (Å²) in [4.78, 5) is 10.5. The van der Waals surface area contributed by atoms with E-state index in [4.69, 9.17) is 5.21 Å². The maximum Gasteiger partial charge on any atom is 0.269 e. The fraction of sp³-hybridized carbons (Fsp3) is 0.417. The number of hydrogen-bond acceptors (Lipinski definition) is 6. The molecule has 0 amide bonds. The highest BCUT2D eigenvalue weighted by molar-refractivity contribution is 5.88. The lowest BCUT2D eigenvalue weighted by Gasteiger charge is -2.23. The maximum atomic E-state index is 11.9. The van der Waals surface area contributed by atoms with Crippen molar-refractivity contribution in [2.24, 2.45) is 10.4 Å². The second kappa shape index (κ2) is 6.64. The van der Waals surface area contributed by atoms with Crippen molar-refractivity contribution in [3.8, 4) is 0 Å². The minimum absolute atomic E-state index is 0.0403. The first kappa shape index (κ1) is 14.7. The third-order valence-corrected chi connectivity index (χ3v) is 3.30. The smallest absolute Gasteiger partial charge is 0.269 e. The summed E-state index contributed by atoms with van der Waals surface area (Å²) in [5.74, 6) is 0. The van der Waals surface area contributed by atoms with Crippen LogP contribution in [-0.4, -0.2) is 26.7 Å². The zero-order chi connectivity index (χ0) is 15.2. The zero-order valence-electron chi connectivity index (χ0n) is 11.2. The molecule has 0 bridgehead atoms. The number of hydrogen-bond donors (Lipinski definition) is 2. The third-order valence-electron chi connectivity index (χ3n) is 3.30. The van der Waals surface area contributed by atoms with Crippen molar-refractivity contribution in [2.45, 2.75) is 31.7 Å². The minimum Gasteiger partial charge on any atom is -0.695 e. The van der Waals surface area contributed by atoms with E-state index in [1.807, 2.05) is 0 Å². The van der Waals surface area contributed by atoms with Crippen molar-refractivity contribution in [3.05, 3.63) is 39.6 Å². The number of anilines is 1. The van der Waals surface area contributed by atoms with Gasteiger partial charge in [0.15, 0.2) is 6.04 Å². The van der Waals surface area contributed by atoms with E-state index in [1.165, 1.54) is 24.3 Å². The molecule has 21 heavy (non-hydrogen) atoms. The summed E-state index contributed by atoms with van der Waals surface area (Å²) >= 11 is 0. The number of oxime groups is 1. The number of nitrogens with one attached hydrogen (secondary N) is 1. The lowest BCUT2D eigenvalue weighted by Crippen LogP contribution is -2.33. The van der Waals surface area contributed by atoms with Crippen LogP contribution in [-0.2, 0) is 0 Å². The lowest BCUT2D eigenvalue weighted by atomic mass is 9.94. The number of nitro groups is 1. The number of hydroxylamine groups is 1. The Labute approximate surface area is 120 Å². The number of non-ortho nitro benzene ring substituents is 1. The molecule has 112 valence electrons. The van der Waals surface area contributed by atoms with Crippen molar-refractivity contribution < 1.29 is 15.0 Å². The Morgan fingerprint density at radius 2 is 1.95 bits per heavy atom. The molecule has 1 saturated carbocycles. The van der Waals surface area contributed by atoms with Crippen LogP contribution in [0.3, 0.4) is 0 Å². The monoisotopic (exact) mass is 293 g/mol. The van der Waals surface area contributed by atoms with Crippen LogP contribution in [0.5, 0.6) is 0 Å². The summed E-state index contributed by atoms with van der Waals surface area (Å²) in [6.45, 7) is 0. The summed E-state index contributed by atoms with van der Waals surface area (Å²) in [5, 5.41) is 38.1. The van der Waals surface area contributed by atoms with E-state index in [9.17, 15) is 15.3 Å². The van der Waals surface area contributed by atoms with Crippen LogP contribution in [0.25, 0.3) is 0 Å². The summed E-state index contributed by atoms with van der Waals surface area (Å²) in [7, 11) is 0. The molecule has 1 aromatic rings. The number of nitro benzene ring substituents is 1. The topological polar surface area (TPSA) is 126 Å². The Balaban J connectivity index is 2.04. The molecule has 1 aliphatic rings. The van der Waals surface area contributed by atoms with Crippen molar-refractivity contribution >= 4 is 17.1 Å². The quantitative estimate of drug-likeness (QED) is 0.290. The van der Waals surface area contributed by atoms with Crippen molar-refractivity contribution in [1.82, 2.24) is 0 Å². The van der Waals surface area contributed by atoms with Gasteiger partial charge in [-0.3, -0.25) is 10.1 Å². The summed E-state index contributed by atoms with van der Waals surface area (Å²) in [6, 6.07) is 4.96. The second-order valence-electron chi connectivity index (χ2n) is 4.67. The minimum atomic E-state index is -0.575. The number of rotatable bonds is 4. The van der Waals surface area contributed by atoms with Crippen molar-refractivity contribution in [3.63, 3.8) is 0 Å². The van der Waals surface area contributed by atoms with Gasteiger partial charge in [-0.1, -0.05) is 5.16 Å². The molecular weight excluding hydrogens is 278 g/mol. The van der Waals surface area contributed by atoms with E-state index < -0.39 is 11.0 Å². The Morgan fingerprint density at radius 3 is 2.57 bits per heavy atom. The van der Waals surface area contributed by atoms with Gasteiger partial charge in [0, 0.05) is 12.1 Å². The van der Waals surface area contributed by atoms with Gasteiger partial charge >= 0.3 is 0 Å². The Kier molecular flexibility index (Phi) is 4.64. The van der Waals surface area contributed by atoms with Gasteiger partial charge in [-0.2, -0.15) is 4.86 Å². The molecule has 2 rings (SSSR count). The van der Waals surface area contributed by atoms with E-state index in [2.05, 4.69) is 15.8 Å². The highest BCUT2D eigenvalue weighted by Crippen LogP contribution is 2.19. The van der Waals surface area contributed by atoms with E-state index in [-0.39, 0.29) is 5.69 Å². The fourth-order valence-electron chi connectivity index (χ4n) is 2.17. The van der Waals surface area contributed by atoms with Crippen molar-refractivity contribution in [2.75, 3.05) is 5.43 Å². The first-order valence-corrected chi connectivity index (χ1v) is 6.50. The van der Waals surface area contributed by atoms with Gasteiger partial charge in [-0.25, -0.2) is 0 Å². The van der Waals surface area contributed by atoms with Gasteiger partial charge in [-0.15, -0.1) is 5.43 Å². The number of nitrogens with zero attached hydrogens (tertiary/aromatic N) is 4. The molecule has 9 heteroatoms. The molecule has 0 unspecified atom stereocenters. The van der Waals surface area contributed by atoms with E-state index in [1.54, 1.807) is 0 Å². The van der Waals surface area contributed by atoms with Gasteiger partial charge in [0.25, 0.3) is 5.69 Å².